The van der Waals surface area contributed by atoms with Crippen LogP contribution in [0, 0.1) is 10.8 Å². The van der Waals surface area contributed by atoms with Gasteiger partial charge < -0.3 is 0 Å². The quantitative estimate of drug-likeness (QED) is 0.619. The lowest BCUT2D eigenvalue weighted by Crippen LogP contribution is -2.24. The maximum Gasteiger partial charge on any atom is 0.163 e. The van der Waals surface area contributed by atoms with Crippen molar-refractivity contribution < 1.29 is 9.18 Å². The molecule has 0 heterocycles. The number of alkyl halides is 1. The molecular formula is C11H19FO. The second-order valence-corrected chi connectivity index (χ2v) is 5.08. The van der Waals surface area contributed by atoms with Crippen LogP contribution in [0.25, 0.3) is 0 Å². The Bertz CT molecular complexity index is 209. The summed E-state index contributed by atoms with van der Waals surface area (Å²) < 4.78 is 12.4. The van der Waals surface area contributed by atoms with E-state index in [4.69, 9.17) is 0 Å². The SMILES string of the molecule is CC(C)(C)C=CC(=O)C(C)(C)CF. The molecule has 0 saturated carbocycles. The monoisotopic (exact) mass is 186 g/mol. The minimum atomic E-state index is -0.873. The molecule has 0 aromatic rings. The van der Waals surface area contributed by atoms with Crippen LogP contribution < -0.4 is 0 Å². The highest BCUT2D eigenvalue weighted by atomic mass is 19.1. The predicted octanol–water partition coefficient (Wildman–Crippen LogP) is 3.15. The molecule has 1 nitrogen and oxygen atoms in total. The molecule has 13 heavy (non-hydrogen) atoms. The van der Waals surface area contributed by atoms with Crippen molar-refractivity contribution in [3.8, 4) is 0 Å². The smallest absolute Gasteiger partial charge is 0.163 e. The molecule has 0 aliphatic carbocycles. The minimum absolute atomic E-state index is 0.0257. The zero-order valence-electron chi connectivity index (χ0n) is 9.15. The van der Waals surface area contributed by atoms with E-state index in [1.807, 2.05) is 26.8 Å². The molecular weight excluding hydrogens is 167 g/mol. The van der Waals surface area contributed by atoms with Crippen molar-refractivity contribution in [2.24, 2.45) is 10.8 Å². The molecule has 0 unspecified atom stereocenters. The molecule has 0 spiro atoms. The van der Waals surface area contributed by atoms with Crippen molar-refractivity contribution >= 4 is 5.78 Å². The first-order valence-electron chi connectivity index (χ1n) is 4.49. The summed E-state index contributed by atoms with van der Waals surface area (Å²) in [6.45, 7) is 8.61. The van der Waals surface area contributed by atoms with E-state index >= 15 is 0 Å². The Morgan fingerprint density at radius 2 is 1.69 bits per heavy atom. The topological polar surface area (TPSA) is 17.1 Å². The van der Waals surface area contributed by atoms with Crippen molar-refractivity contribution in [3.05, 3.63) is 12.2 Å². The number of carbonyl (C=O) groups is 1. The summed E-state index contributed by atoms with van der Waals surface area (Å²) in [4.78, 5) is 11.4. The van der Waals surface area contributed by atoms with Crippen LogP contribution in [0.5, 0.6) is 0 Å². The van der Waals surface area contributed by atoms with E-state index in [-0.39, 0.29) is 11.2 Å². The number of ketones is 1. The average molecular weight is 186 g/mol. The summed E-state index contributed by atoms with van der Waals surface area (Å²) in [5, 5.41) is 0. The van der Waals surface area contributed by atoms with Gasteiger partial charge in [0.15, 0.2) is 5.78 Å². The summed E-state index contributed by atoms with van der Waals surface area (Å²) in [7, 11) is 0. The Balaban J connectivity index is 4.41. The number of allylic oxidation sites excluding steroid dienone is 2. The highest BCUT2D eigenvalue weighted by Crippen LogP contribution is 2.20. The molecule has 0 aromatic heterocycles. The molecule has 0 rings (SSSR count). The summed E-state index contributed by atoms with van der Waals surface area (Å²) in [5.41, 5.74) is -0.899. The van der Waals surface area contributed by atoms with E-state index in [1.165, 1.54) is 6.08 Å². The van der Waals surface area contributed by atoms with E-state index in [0.29, 0.717) is 0 Å². The van der Waals surface area contributed by atoms with Gasteiger partial charge in [-0.2, -0.15) is 0 Å². The van der Waals surface area contributed by atoms with Crippen molar-refractivity contribution in [2.45, 2.75) is 34.6 Å². The van der Waals surface area contributed by atoms with Gasteiger partial charge in [-0.1, -0.05) is 40.7 Å². The Labute approximate surface area is 80.0 Å². The van der Waals surface area contributed by atoms with E-state index in [1.54, 1.807) is 13.8 Å². The number of hydrogen-bond acceptors (Lipinski definition) is 1. The van der Waals surface area contributed by atoms with Crippen LogP contribution in [-0.4, -0.2) is 12.5 Å². The third kappa shape index (κ3) is 4.81. The lowest BCUT2D eigenvalue weighted by Gasteiger charge is -2.17. The molecule has 0 N–H and O–H groups in total. The van der Waals surface area contributed by atoms with Crippen LogP contribution >= 0.6 is 0 Å². The van der Waals surface area contributed by atoms with E-state index in [2.05, 4.69) is 0 Å². The maximum atomic E-state index is 12.4. The Hall–Kier alpha value is -0.660. The molecule has 0 atom stereocenters. The summed E-state index contributed by atoms with van der Waals surface area (Å²) >= 11 is 0. The standard InChI is InChI=1S/C11H19FO/c1-10(2,3)7-6-9(13)11(4,5)8-12/h6-7H,8H2,1-5H3. The molecule has 0 radical (unpaired) electrons. The van der Waals surface area contributed by atoms with Gasteiger partial charge in [0.25, 0.3) is 0 Å². The second-order valence-electron chi connectivity index (χ2n) is 5.08. The van der Waals surface area contributed by atoms with Gasteiger partial charge in [0.05, 0.1) is 5.41 Å². The summed E-state index contributed by atoms with van der Waals surface area (Å²) in [5.74, 6) is -0.148. The highest BCUT2D eigenvalue weighted by Gasteiger charge is 2.25. The van der Waals surface area contributed by atoms with Gasteiger partial charge in [0, 0.05) is 0 Å². The van der Waals surface area contributed by atoms with Crippen molar-refractivity contribution in [3.63, 3.8) is 0 Å². The Morgan fingerprint density at radius 1 is 1.23 bits per heavy atom. The fourth-order valence-electron chi connectivity index (χ4n) is 0.617. The van der Waals surface area contributed by atoms with Gasteiger partial charge in [-0.05, 0) is 11.5 Å². The van der Waals surface area contributed by atoms with Crippen LogP contribution in [0.15, 0.2) is 12.2 Å². The third-order valence-corrected chi connectivity index (χ3v) is 1.74. The molecule has 0 bridgehead atoms. The fraction of sp³-hybridized carbons (Fsp3) is 0.727. The van der Waals surface area contributed by atoms with Gasteiger partial charge in [-0.25, -0.2) is 0 Å². The first kappa shape index (κ1) is 12.3. The number of hydrogen-bond donors (Lipinski definition) is 0. The van der Waals surface area contributed by atoms with E-state index in [0.717, 1.165) is 0 Å². The molecule has 0 amide bonds. The largest absolute Gasteiger partial charge is 0.294 e. The van der Waals surface area contributed by atoms with Gasteiger partial charge in [-0.15, -0.1) is 0 Å². The van der Waals surface area contributed by atoms with Crippen LogP contribution in [0.1, 0.15) is 34.6 Å². The normalized spacial score (nSPS) is 13.7. The van der Waals surface area contributed by atoms with E-state index in [9.17, 15) is 9.18 Å². The lowest BCUT2D eigenvalue weighted by atomic mass is 9.87. The Kier molecular flexibility index (Phi) is 3.83. The van der Waals surface area contributed by atoms with Gasteiger partial charge in [0.2, 0.25) is 0 Å². The van der Waals surface area contributed by atoms with Gasteiger partial charge in [-0.3, -0.25) is 9.18 Å². The first-order chi connectivity index (χ1) is 5.69. The lowest BCUT2D eigenvalue weighted by molar-refractivity contribution is -0.122. The van der Waals surface area contributed by atoms with Crippen LogP contribution in [0.2, 0.25) is 0 Å². The molecule has 2 heteroatoms. The molecule has 76 valence electrons. The summed E-state index contributed by atoms with van der Waals surface area (Å²) in [6, 6.07) is 0. The first-order valence-corrected chi connectivity index (χ1v) is 4.49. The third-order valence-electron chi connectivity index (χ3n) is 1.74. The zero-order chi connectivity index (χ0) is 10.7. The van der Waals surface area contributed by atoms with Crippen LogP contribution in [-0.2, 0) is 4.79 Å². The van der Waals surface area contributed by atoms with Crippen LogP contribution in [0.4, 0.5) is 4.39 Å². The fourth-order valence-corrected chi connectivity index (χ4v) is 0.617. The van der Waals surface area contributed by atoms with E-state index < -0.39 is 12.1 Å². The molecule has 0 aromatic carbocycles. The van der Waals surface area contributed by atoms with Crippen molar-refractivity contribution in [1.29, 1.82) is 0 Å². The maximum absolute atomic E-state index is 12.4. The zero-order valence-corrected chi connectivity index (χ0v) is 9.15. The summed E-state index contributed by atoms with van der Waals surface area (Å²) in [6.07, 6.45) is 3.30. The predicted molar refractivity (Wildman–Crippen MR) is 53.4 cm³/mol. The minimum Gasteiger partial charge on any atom is -0.294 e. The molecule has 0 aliphatic heterocycles. The average Bonchev–Trinajstić information content (AvgIpc) is 1.98. The van der Waals surface area contributed by atoms with Gasteiger partial charge in [0.1, 0.15) is 6.67 Å². The second kappa shape index (κ2) is 4.03. The van der Waals surface area contributed by atoms with Crippen LogP contribution in [0.3, 0.4) is 0 Å². The number of halogens is 1. The number of carbonyl (C=O) groups excluding carboxylic acids is 1. The molecule has 0 fully saturated rings. The molecule has 0 saturated heterocycles. The van der Waals surface area contributed by atoms with Crippen molar-refractivity contribution in [2.75, 3.05) is 6.67 Å². The highest BCUT2D eigenvalue weighted by molar-refractivity contribution is 5.94. The molecule has 0 aliphatic rings. The van der Waals surface area contributed by atoms with Crippen molar-refractivity contribution in [1.82, 2.24) is 0 Å². The number of rotatable bonds is 3. The Morgan fingerprint density at radius 3 is 2.00 bits per heavy atom. The van der Waals surface area contributed by atoms with Gasteiger partial charge >= 0.3 is 0 Å².